The average molecular weight is 455 g/mol. The van der Waals surface area contributed by atoms with E-state index >= 15 is 0 Å². The Morgan fingerprint density at radius 3 is 2.69 bits per heavy atom. The van der Waals surface area contributed by atoms with Crippen molar-refractivity contribution in [2.75, 3.05) is 20.3 Å². The number of alkyl halides is 3. The van der Waals surface area contributed by atoms with Crippen LogP contribution in [0.15, 0.2) is 41.0 Å². The van der Waals surface area contributed by atoms with Gasteiger partial charge in [-0.25, -0.2) is 4.79 Å². The van der Waals surface area contributed by atoms with E-state index in [1.54, 1.807) is 25.1 Å². The molecule has 1 aliphatic carbocycles. The second-order valence-electron chi connectivity index (χ2n) is 7.33. The van der Waals surface area contributed by atoms with Gasteiger partial charge >= 0.3 is 12.1 Å². The Balaban J connectivity index is 2.06. The van der Waals surface area contributed by atoms with E-state index in [9.17, 15) is 22.8 Å². The highest BCUT2D eigenvalue weighted by Crippen LogP contribution is 2.44. The number of carbonyl (C=O) groups is 2. The number of ether oxygens (including phenoxy) is 4. The van der Waals surface area contributed by atoms with Gasteiger partial charge in [0, 0.05) is 24.0 Å². The first kappa shape index (κ1) is 23.6. The number of allylic oxidation sites excluding steroid dienone is 2. The minimum absolute atomic E-state index is 0.0202. The average Bonchev–Trinajstić information content (AvgIpc) is 2.72. The van der Waals surface area contributed by atoms with Gasteiger partial charge in [-0.05, 0) is 31.0 Å². The molecule has 1 aromatic rings. The van der Waals surface area contributed by atoms with E-state index in [-0.39, 0.29) is 36.9 Å². The molecule has 0 saturated carbocycles. The summed E-state index contributed by atoms with van der Waals surface area (Å²) in [5, 5.41) is 0. The summed E-state index contributed by atoms with van der Waals surface area (Å²) >= 11 is 0. The van der Waals surface area contributed by atoms with Gasteiger partial charge in [-0.1, -0.05) is 6.07 Å². The predicted molar refractivity (Wildman–Crippen MR) is 106 cm³/mol. The number of nitrogens with two attached hydrogens (primary N) is 1. The highest BCUT2D eigenvalue weighted by molar-refractivity contribution is 6.03. The number of methoxy groups -OCH3 is 1. The number of ketones is 1. The Hall–Kier alpha value is -3.01. The van der Waals surface area contributed by atoms with E-state index in [4.69, 9.17) is 24.7 Å². The molecule has 0 radical (unpaired) electrons. The molecule has 10 heteroatoms. The van der Waals surface area contributed by atoms with Crippen molar-refractivity contribution in [1.82, 2.24) is 0 Å². The Labute approximate surface area is 182 Å². The second kappa shape index (κ2) is 9.64. The Morgan fingerprint density at radius 2 is 2.03 bits per heavy atom. The molecule has 0 aromatic heterocycles. The number of benzene rings is 1. The highest BCUT2D eigenvalue weighted by Gasteiger charge is 2.41. The first-order valence-corrected chi connectivity index (χ1v) is 10.1. The monoisotopic (exact) mass is 455 g/mol. The highest BCUT2D eigenvalue weighted by atomic mass is 19.4. The van der Waals surface area contributed by atoms with Gasteiger partial charge < -0.3 is 24.7 Å². The van der Waals surface area contributed by atoms with E-state index in [2.05, 4.69) is 0 Å². The number of halogens is 3. The standard InChI is InChI=1S/C22H24F3NO6/c1-3-31-21(28)19-17(18-14(27)5-4-6-16(18)32-20(19)26)12-7-8-15(29-2)13(9-12)10-30-11-22(23,24)25/h7-9,17H,3-6,10-11,26H2,1-2H3/t17-/m0/s1. The third-order valence-corrected chi connectivity index (χ3v) is 5.14. The molecule has 2 aliphatic rings. The van der Waals surface area contributed by atoms with Crippen LogP contribution in [0.25, 0.3) is 0 Å². The van der Waals surface area contributed by atoms with Crippen LogP contribution in [0, 0.1) is 0 Å². The second-order valence-corrected chi connectivity index (χ2v) is 7.33. The Kier molecular flexibility index (Phi) is 7.12. The molecule has 1 atom stereocenters. The van der Waals surface area contributed by atoms with Gasteiger partial charge in [-0.2, -0.15) is 13.2 Å². The van der Waals surface area contributed by atoms with Crippen molar-refractivity contribution in [2.45, 2.75) is 44.9 Å². The SMILES string of the molecule is CCOC(=O)C1=C(N)OC2=C(C(=O)CCC2)[C@@H]1c1ccc(OC)c(COCC(F)(F)F)c1. The number of carbonyl (C=O) groups excluding carboxylic acids is 2. The molecular formula is C22H24F3NO6. The van der Waals surface area contributed by atoms with Crippen LogP contribution in [0.2, 0.25) is 0 Å². The number of rotatable bonds is 7. The summed E-state index contributed by atoms with van der Waals surface area (Å²) < 4.78 is 58.3. The minimum atomic E-state index is -4.48. The first-order valence-electron chi connectivity index (χ1n) is 10.1. The molecule has 7 nitrogen and oxygen atoms in total. The maximum Gasteiger partial charge on any atom is 0.411 e. The molecule has 1 aromatic carbocycles. The van der Waals surface area contributed by atoms with Crippen LogP contribution in [0.5, 0.6) is 5.75 Å². The zero-order valence-corrected chi connectivity index (χ0v) is 17.7. The lowest BCUT2D eigenvalue weighted by Crippen LogP contribution is -2.31. The summed E-state index contributed by atoms with van der Waals surface area (Å²) in [6, 6.07) is 4.72. The molecule has 0 saturated heterocycles. The zero-order chi connectivity index (χ0) is 23.5. The summed E-state index contributed by atoms with van der Waals surface area (Å²) in [6.07, 6.45) is -3.13. The van der Waals surface area contributed by atoms with Gasteiger partial charge in [0.05, 0.1) is 26.2 Å². The number of Topliss-reactive ketones (excluding diaryl/α,β-unsaturated/α-hetero) is 1. The normalized spacial score (nSPS) is 18.9. The third-order valence-electron chi connectivity index (χ3n) is 5.14. The lowest BCUT2D eigenvalue weighted by Gasteiger charge is -2.32. The van der Waals surface area contributed by atoms with Crippen molar-refractivity contribution >= 4 is 11.8 Å². The quantitative estimate of drug-likeness (QED) is 0.627. The molecule has 32 heavy (non-hydrogen) atoms. The molecule has 0 spiro atoms. The van der Waals surface area contributed by atoms with E-state index in [0.717, 1.165) is 0 Å². The van der Waals surface area contributed by atoms with Crippen molar-refractivity contribution < 1.29 is 41.7 Å². The van der Waals surface area contributed by atoms with E-state index in [0.29, 0.717) is 41.1 Å². The Morgan fingerprint density at radius 1 is 1.28 bits per heavy atom. The molecule has 1 aliphatic heterocycles. The van der Waals surface area contributed by atoms with Gasteiger partial charge in [0.15, 0.2) is 5.78 Å². The van der Waals surface area contributed by atoms with Crippen LogP contribution >= 0.6 is 0 Å². The summed E-state index contributed by atoms with van der Waals surface area (Å²) in [5.41, 5.74) is 7.13. The van der Waals surface area contributed by atoms with Crippen molar-refractivity contribution in [3.05, 3.63) is 52.1 Å². The molecular weight excluding hydrogens is 431 g/mol. The van der Waals surface area contributed by atoms with Crippen molar-refractivity contribution in [2.24, 2.45) is 5.73 Å². The summed E-state index contributed by atoms with van der Waals surface area (Å²) in [6.45, 7) is -0.0888. The molecule has 2 N–H and O–H groups in total. The maximum atomic E-state index is 12.8. The fourth-order valence-corrected chi connectivity index (χ4v) is 3.86. The lowest BCUT2D eigenvalue weighted by molar-refractivity contribution is -0.176. The molecule has 0 amide bonds. The maximum absolute atomic E-state index is 12.8. The smallest absolute Gasteiger partial charge is 0.411 e. The van der Waals surface area contributed by atoms with Crippen molar-refractivity contribution in [3.63, 3.8) is 0 Å². The summed E-state index contributed by atoms with van der Waals surface area (Å²) in [5.74, 6) is -1.25. The van der Waals surface area contributed by atoms with Crippen molar-refractivity contribution in [1.29, 1.82) is 0 Å². The molecule has 174 valence electrons. The van der Waals surface area contributed by atoms with E-state index in [1.807, 2.05) is 0 Å². The van der Waals surface area contributed by atoms with E-state index in [1.165, 1.54) is 7.11 Å². The summed E-state index contributed by atoms with van der Waals surface area (Å²) in [4.78, 5) is 25.5. The molecule has 0 fully saturated rings. The van der Waals surface area contributed by atoms with E-state index < -0.39 is 24.7 Å². The van der Waals surface area contributed by atoms with Crippen LogP contribution in [0.3, 0.4) is 0 Å². The van der Waals surface area contributed by atoms with Crippen LogP contribution in [-0.4, -0.2) is 38.3 Å². The molecule has 3 rings (SSSR count). The largest absolute Gasteiger partial charge is 0.496 e. The first-order chi connectivity index (χ1) is 15.2. The third kappa shape index (κ3) is 5.07. The number of esters is 1. The van der Waals surface area contributed by atoms with Gasteiger partial charge in [0.25, 0.3) is 0 Å². The fraction of sp³-hybridized carbons (Fsp3) is 0.455. The minimum Gasteiger partial charge on any atom is -0.496 e. The van der Waals surface area contributed by atoms with Crippen LogP contribution in [-0.2, 0) is 30.4 Å². The Bertz CT molecular complexity index is 967. The fourth-order valence-electron chi connectivity index (χ4n) is 3.86. The molecule has 0 unspecified atom stereocenters. The van der Waals surface area contributed by atoms with Crippen molar-refractivity contribution in [3.8, 4) is 5.75 Å². The van der Waals surface area contributed by atoms with Crippen LogP contribution in [0.4, 0.5) is 13.2 Å². The number of hydrogen-bond donors (Lipinski definition) is 1. The van der Waals surface area contributed by atoms with Gasteiger partial charge in [0.1, 0.15) is 23.7 Å². The van der Waals surface area contributed by atoms with Gasteiger partial charge in [0.2, 0.25) is 5.88 Å². The number of hydrogen-bond acceptors (Lipinski definition) is 7. The lowest BCUT2D eigenvalue weighted by atomic mass is 9.77. The van der Waals surface area contributed by atoms with Gasteiger partial charge in [-0.15, -0.1) is 0 Å². The zero-order valence-electron chi connectivity index (χ0n) is 17.7. The molecule has 0 bridgehead atoms. The topological polar surface area (TPSA) is 97.1 Å². The van der Waals surface area contributed by atoms with Gasteiger partial charge in [-0.3, -0.25) is 4.79 Å². The predicted octanol–water partition coefficient (Wildman–Crippen LogP) is 3.63. The van der Waals surface area contributed by atoms with Crippen LogP contribution in [0.1, 0.15) is 43.2 Å². The van der Waals surface area contributed by atoms with Crippen LogP contribution < -0.4 is 10.5 Å². The molecule has 1 heterocycles. The summed E-state index contributed by atoms with van der Waals surface area (Å²) in [7, 11) is 1.38.